The zero-order chi connectivity index (χ0) is 13.7. The predicted octanol–water partition coefficient (Wildman–Crippen LogP) is 1.34. The van der Waals surface area contributed by atoms with Gasteiger partial charge in [-0.2, -0.15) is 5.10 Å². The van der Waals surface area contributed by atoms with Crippen molar-refractivity contribution in [3.05, 3.63) is 17.5 Å². The molecular weight excluding hydrogens is 240 g/mol. The summed E-state index contributed by atoms with van der Waals surface area (Å²) in [6, 6.07) is 2.47. The molecule has 2 heterocycles. The lowest BCUT2D eigenvalue weighted by Gasteiger charge is -2.11. The Hall–Kier alpha value is -1.36. The van der Waals surface area contributed by atoms with Crippen molar-refractivity contribution in [2.24, 2.45) is 0 Å². The number of hydrogen-bond acceptors (Lipinski definition) is 3. The van der Waals surface area contributed by atoms with Crippen molar-refractivity contribution < 1.29 is 4.79 Å². The molecular formula is C14H24N4O. The van der Waals surface area contributed by atoms with Crippen molar-refractivity contribution in [1.29, 1.82) is 0 Å². The van der Waals surface area contributed by atoms with Crippen molar-refractivity contribution in [2.45, 2.75) is 52.1 Å². The van der Waals surface area contributed by atoms with Crippen molar-refractivity contribution in [2.75, 3.05) is 13.1 Å². The van der Waals surface area contributed by atoms with Gasteiger partial charge < -0.3 is 10.6 Å². The summed E-state index contributed by atoms with van der Waals surface area (Å²) in [7, 11) is 0. The second kappa shape index (κ2) is 6.70. The van der Waals surface area contributed by atoms with Gasteiger partial charge in [-0.3, -0.25) is 9.48 Å². The summed E-state index contributed by atoms with van der Waals surface area (Å²) >= 11 is 0. The van der Waals surface area contributed by atoms with E-state index in [1.165, 1.54) is 12.8 Å². The van der Waals surface area contributed by atoms with Gasteiger partial charge in [-0.25, -0.2) is 0 Å². The molecule has 2 rings (SSSR count). The van der Waals surface area contributed by atoms with Gasteiger partial charge in [0.25, 0.3) is 5.91 Å². The molecule has 5 nitrogen and oxygen atoms in total. The largest absolute Gasteiger partial charge is 0.351 e. The summed E-state index contributed by atoms with van der Waals surface area (Å²) < 4.78 is 1.78. The zero-order valence-corrected chi connectivity index (χ0v) is 11.9. The van der Waals surface area contributed by atoms with E-state index < -0.39 is 0 Å². The van der Waals surface area contributed by atoms with Crippen LogP contribution in [-0.4, -0.2) is 34.8 Å². The first kappa shape index (κ1) is 14.1. The number of carbonyl (C=O) groups is 1. The highest BCUT2D eigenvalue weighted by Gasteiger charge is 2.16. The van der Waals surface area contributed by atoms with Crippen LogP contribution in [0.3, 0.4) is 0 Å². The lowest BCUT2D eigenvalue weighted by atomic mass is 10.1. The van der Waals surface area contributed by atoms with Crippen molar-refractivity contribution in [3.63, 3.8) is 0 Å². The van der Waals surface area contributed by atoms with E-state index in [1.807, 2.05) is 13.0 Å². The molecule has 1 aliphatic heterocycles. The molecule has 0 radical (unpaired) electrons. The first-order chi connectivity index (χ1) is 9.24. The first-order valence-electron chi connectivity index (χ1n) is 7.32. The molecule has 1 saturated heterocycles. The third-order valence-electron chi connectivity index (χ3n) is 3.67. The Morgan fingerprint density at radius 2 is 2.42 bits per heavy atom. The van der Waals surface area contributed by atoms with E-state index in [-0.39, 0.29) is 5.91 Å². The van der Waals surface area contributed by atoms with Gasteiger partial charge in [0.2, 0.25) is 0 Å². The van der Waals surface area contributed by atoms with Gasteiger partial charge >= 0.3 is 0 Å². The molecule has 19 heavy (non-hydrogen) atoms. The van der Waals surface area contributed by atoms with E-state index in [4.69, 9.17) is 0 Å². The predicted molar refractivity (Wildman–Crippen MR) is 75.3 cm³/mol. The maximum Gasteiger partial charge on any atom is 0.269 e. The first-order valence-corrected chi connectivity index (χ1v) is 7.32. The molecule has 1 aromatic rings. The highest BCUT2D eigenvalue weighted by Crippen LogP contribution is 2.08. The fourth-order valence-electron chi connectivity index (χ4n) is 2.52. The minimum atomic E-state index is -0.00736. The second-order valence-electron chi connectivity index (χ2n) is 5.03. The molecule has 1 fully saturated rings. The van der Waals surface area contributed by atoms with Crippen LogP contribution in [0.15, 0.2) is 6.07 Å². The molecule has 1 amide bonds. The van der Waals surface area contributed by atoms with Crippen LogP contribution < -0.4 is 10.6 Å². The fraction of sp³-hybridized carbons (Fsp3) is 0.714. The van der Waals surface area contributed by atoms with E-state index >= 15 is 0 Å². The minimum absolute atomic E-state index is 0.00736. The molecule has 1 atom stereocenters. The Kier molecular flexibility index (Phi) is 4.96. The smallest absolute Gasteiger partial charge is 0.269 e. The van der Waals surface area contributed by atoms with Gasteiger partial charge in [0, 0.05) is 19.1 Å². The Morgan fingerprint density at radius 3 is 3.05 bits per heavy atom. The standard InChI is InChI=1S/C14H24N4O/c1-3-11-10-13(18(4-2)17-11)14(19)16-9-7-12-6-5-8-15-12/h10,12,15H,3-9H2,1-2H3,(H,16,19)/t12-/m0/s1. The molecule has 5 heteroatoms. The Bertz CT molecular complexity index is 421. The molecule has 0 aromatic carbocycles. The normalized spacial score (nSPS) is 18.7. The summed E-state index contributed by atoms with van der Waals surface area (Å²) in [4.78, 5) is 12.1. The lowest BCUT2D eigenvalue weighted by molar-refractivity contribution is 0.0941. The number of carbonyl (C=O) groups excluding carboxylic acids is 1. The molecule has 0 aliphatic carbocycles. The molecule has 1 aromatic heterocycles. The number of nitrogens with zero attached hydrogens (tertiary/aromatic N) is 2. The average Bonchev–Trinajstić information content (AvgIpc) is 3.07. The quantitative estimate of drug-likeness (QED) is 0.815. The van der Waals surface area contributed by atoms with Gasteiger partial charge in [-0.05, 0) is 45.2 Å². The molecule has 0 bridgehead atoms. The number of rotatable bonds is 6. The minimum Gasteiger partial charge on any atom is -0.351 e. The Balaban J connectivity index is 1.86. The third-order valence-corrected chi connectivity index (χ3v) is 3.67. The van der Waals surface area contributed by atoms with Gasteiger partial charge in [0.15, 0.2) is 0 Å². The molecule has 0 unspecified atom stereocenters. The van der Waals surface area contributed by atoms with Gasteiger partial charge in [-0.1, -0.05) is 6.92 Å². The summed E-state index contributed by atoms with van der Waals surface area (Å²) in [5.74, 6) is -0.00736. The summed E-state index contributed by atoms with van der Waals surface area (Å²) in [5, 5.41) is 10.8. The molecule has 0 spiro atoms. The van der Waals surface area contributed by atoms with Crippen LogP contribution in [0, 0.1) is 0 Å². The van der Waals surface area contributed by atoms with E-state index in [2.05, 4.69) is 22.7 Å². The number of amides is 1. The summed E-state index contributed by atoms with van der Waals surface area (Å²) in [6.07, 6.45) is 4.34. The van der Waals surface area contributed by atoms with Gasteiger partial charge in [-0.15, -0.1) is 0 Å². The van der Waals surface area contributed by atoms with Crippen LogP contribution in [0.1, 0.15) is 49.3 Å². The number of aryl methyl sites for hydroxylation is 2. The highest BCUT2D eigenvalue weighted by molar-refractivity contribution is 5.92. The average molecular weight is 264 g/mol. The van der Waals surface area contributed by atoms with E-state index in [1.54, 1.807) is 4.68 Å². The van der Waals surface area contributed by atoms with Crippen LogP contribution in [0.25, 0.3) is 0 Å². The summed E-state index contributed by atoms with van der Waals surface area (Å²) in [5.41, 5.74) is 1.66. The van der Waals surface area contributed by atoms with Crippen LogP contribution in [-0.2, 0) is 13.0 Å². The second-order valence-corrected chi connectivity index (χ2v) is 5.03. The highest BCUT2D eigenvalue weighted by atomic mass is 16.2. The number of aromatic nitrogens is 2. The van der Waals surface area contributed by atoms with Crippen molar-refractivity contribution in [3.8, 4) is 0 Å². The van der Waals surface area contributed by atoms with E-state index in [0.29, 0.717) is 11.7 Å². The molecule has 2 N–H and O–H groups in total. The van der Waals surface area contributed by atoms with Crippen LogP contribution in [0.4, 0.5) is 0 Å². The SMILES string of the molecule is CCc1cc(C(=O)NCC[C@@H]2CCCN2)n(CC)n1. The summed E-state index contributed by atoms with van der Waals surface area (Å²) in [6.45, 7) is 6.63. The van der Waals surface area contributed by atoms with Crippen molar-refractivity contribution in [1.82, 2.24) is 20.4 Å². The van der Waals surface area contributed by atoms with Crippen LogP contribution >= 0.6 is 0 Å². The molecule has 1 aliphatic rings. The number of nitrogens with one attached hydrogen (secondary N) is 2. The topological polar surface area (TPSA) is 59.0 Å². The lowest BCUT2D eigenvalue weighted by Crippen LogP contribution is -2.31. The maximum atomic E-state index is 12.1. The van der Waals surface area contributed by atoms with Gasteiger partial charge in [0.1, 0.15) is 5.69 Å². The monoisotopic (exact) mass is 264 g/mol. The number of hydrogen-bond donors (Lipinski definition) is 2. The molecule has 0 saturated carbocycles. The maximum absolute atomic E-state index is 12.1. The van der Waals surface area contributed by atoms with Crippen LogP contribution in [0.2, 0.25) is 0 Å². The zero-order valence-electron chi connectivity index (χ0n) is 11.9. The van der Waals surface area contributed by atoms with Crippen molar-refractivity contribution >= 4 is 5.91 Å². The third kappa shape index (κ3) is 3.56. The fourth-order valence-corrected chi connectivity index (χ4v) is 2.52. The van der Waals surface area contributed by atoms with Gasteiger partial charge in [0.05, 0.1) is 5.69 Å². The molecule has 106 valence electrons. The van der Waals surface area contributed by atoms with E-state index in [9.17, 15) is 4.79 Å². The Morgan fingerprint density at radius 1 is 1.58 bits per heavy atom. The van der Waals surface area contributed by atoms with E-state index in [0.717, 1.165) is 38.2 Å². The Labute approximate surface area is 114 Å². The van der Waals surface area contributed by atoms with Crippen LogP contribution in [0.5, 0.6) is 0 Å².